The molecule has 1 aromatic heterocycles. The highest BCUT2D eigenvalue weighted by Crippen LogP contribution is 2.35. The van der Waals surface area contributed by atoms with Gasteiger partial charge in [-0.25, -0.2) is 0 Å². The molecule has 1 aliphatic carbocycles. The lowest BCUT2D eigenvalue weighted by molar-refractivity contribution is -0.606. The van der Waals surface area contributed by atoms with Crippen molar-refractivity contribution in [1.29, 1.82) is 0 Å². The topological polar surface area (TPSA) is 17.0 Å². The quantitative estimate of drug-likeness (QED) is 0.733. The van der Waals surface area contributed by atoms with Crippen LogP contribution in [0.2, 0.25) is 0 Å². The zero-order valence-electron chi connectivity index (χ0n) is 12.1. The summed E-state index contributed by atoms with van der Waals surface area (Å²) >= 11 is 0. The molecule has 94 valence electrons. The first kappa shape index (κ1) is 10.4. The summed E-state index contributed by atoms with van der Waals surface area (Å²) < 4.78 is 15.8. The van der Waals surface area contributed by atoms with Crippen molar-refractivity contribution in [2.24, 2.45) is 0 Å². The van der Waals surface area contributed by atoms with E-state index in [9.17, 15) is 0 Å². The number of rotatable bonds is 2. The Balaban J connectivity index is 2.10. The lowest BCUT2D eigenvalue weighted by Gasteiger charge is -2.03. The van der Waals surface area contributed by atoms with Crippen LogP contribution in [0.4, 0.5) is 0 Å². The van der Waals surface area contributed by atoms with E-state index in [0.29, 0.717) is 5.92 Å². The molecule has 0 bridgehead atoms. The average molecular weight is 243 g/mol. The molecule has 18 heavy (non-hydrogen) atoms. The van der Waals surface area contributed by atoms with Gasteiger partial charge in [-0.1, -0.05) is 31.0 Å². The second-order valence-electron chi connectivity index (χ2n) is 5.25. The van der Waals surface area contributed by atoms with E-state index < -0.39 is 0 Å². The van der Waals surface area contributed by atoms with Gasteiger partial charge >= 0.3 is 6.37 Å². The number of para-hydroxylation sites is 1. The Morgan fingerprint density at radius 1 is 1.22 bits per heavy atom. The number of benzene rings is 1. The molecule has 0 spiro atoms. The highest BCUT2D eigenvalue weighted by molar-refractivity contribution is 5.32. The Morgan fingerprint density at radius 2 is 1.94 bits per heavy atom. The summed E-state index contributed by atoms with van der Waals surface area (Å²) in [5, 5.41) is 0. The van der Waals surface area contributed by atoms with E-state index in [0.717, 1.165) is 17.1 Å². The van der Waals surface area contributed by atoms with Crippen molar-refractivity contribution in [3.63, 3.8) is 0 Å². The molecule has 0 unspecified atom stereocenters. The van der Waals surface area contributed by atoms with Crippen LogP contribution in [0.25, 0.3) is 5.69 Å². The number of oxazole rings is 1. The third-order valence-corrected chi connectivity index (χ3v) is 4.02. The molecule has 0 amide bonds. The van der Waals surface area contributed by atoms with E-state index in [1.807, 2.05) is 22.8 Å². The molecule has 0 saturated heterocycles. The first-order chi connectivity index (χ1) is 9.18. The molecule has 1 fully saturated rings. The molecule has 1 heterocycles. The molecule has 0 aliphatic heterocycles. The van der Waals surface area contributed by atoms with E-state index in [-0.39, 0.29) is 6.37 Å². The lowest BCUT2D eigenvalue weighted by Crippen LogP contribution is -2.32. The van der Waals surface area contributed by atoms with Crippen LogP contribution in [-0.4, -0.2) is 0 Å². The lowest BCUT2D eigenvalue weighted by atomic mass is 10.0. The van der Waals surface area contributed by atoms with E-state index >= 15 is 0 Å². The Kier molecular flexibility index (Phi) is 2.65. The first-order valence-corrected chi connectivity index (χ1v) is 6.76. The van der Waals surface area contributed by atoms with Gasteiger partial charge in [0.15, 0.2) is 7.13 Å². The number of nitrogens with zero attached hydrogens (tertiary/aromatic N) is 1. The molecule has 2 nitrogen and oxygen atoms in total. The van der Waals surface area contributed by atoms with Gasteiger partial charge in [0, 0.05) is 24.5 Å². The van der Waals surface area contributed by atoms with Gasteiger partial charge in [-0.05, 0) is 19.8 Å². The highest BCUT2D eigenvalue weighted by Gasteiger charge is 2.28. The summed E-state index contributed by atoms with van der Waals surface area (Å²) in [6.07, 6.45) is 5.20. The Labute approximate surface area is 110 Å². The van der Waals surface area contributed by atoms with Crippen molar-refractivity contribution in [2.75, 3.05) is 0 Å². The van der Waals surface area contributed by atoms with E-state index in [4.69, 9.17) is 5.79 Å². The number of hydrogen-bond acceptors (Lipinski definition) is 1. The molecule has 3 rings (SSSR count). The molecule has 2 aromatic rings. The van der Waals surface area contributed by atoms with Gasteiger partial charge in [-0.3, -0.25) is 0 Å². The molecule has 2 heteroatoms. The molecule has 1 saturated carbocycles. The second-order valence-corrected chi connectivity index (χ2v) is 5.25. The summed E-state index contributed by atoms with van der Waals surface area (Å²) in [4.78, 5) is 0. The van der Waals surface area contributed by atoms with Crippen molar-refractivity contribution in [3.05, 3.63) is 47.7 Å². The van der Waals surface area contributed by atoms with Crippen LogP contribution in [0.3, 0.4) is 0 Å². The number of hydrogen-bond donors (Lipinski definition) is 0. The third-order valence-electron chi connectivity index (χ3n) is 4.02. The average Bonchev–Trinajstić information content (AvgIpc) is 3.00. The van der Waals surface area contributed by atoms with Gasteiger partial charge in [0.2, 0.25) is 11.4 Å². The fourth-order valence-corrected chi connectivity index (χ4v) is 2.96. The van der Waals surface area contributed by atoms with Gasteiger partial charge in [-0.2, -0.15) is 0 Å². The van der Waals surface area contributed by atoms with E-state index in [2.05, 4.69) is 19.9 Å². The zero-order chi connectivity index (χ0) is 13.4. The Hall–Kier alpha value is -1.57. The smallest absolute Gasteiger partial charge is 0.340 e. The van der Waals surface area contributed by atoms with Crippen LogP contribution < -0.4 is 4.57 Å². The summed E-state index contributed by atoms with van der Waals surface area (Å²) in [6, 6.07) is 8.16. The monoisotopic (exact) mass is 243 g/mol. The van der Waals surface area contributed by atoms with Gasteiger partial charge in [0.1, 0.15) is 0 Å². The van der Waals surface area contributed by atoms with E-state index in [1.165, 1.54) is 31.2 Å². The van der Waals surface area contributed by atoms with Crippen molar-refractivity contribution >= 4 is 0 Å². The summed E-state index contributed by atoms with van der Waals surface area (Å²) in [5.41, 5.74) is 3.31. The maximum Gasteiger partial charge on any atom is 0.340 e. The van der Waals surface area contributed by atoms with Crippen molar-refractivity contribution in [3.8, 4) is 5.69 Å². The summed E-state index contributed by atoms with van der Waals surface area (Å²) in [6.45, 7) is 4.14. The summed E-state index contributed by atoms with van der Waals surface area (Å²) in [7, 11) is 0. The number of aryl methyl sites for hydroxylation is 1. The first-order valence-electron chi connectivity index (χ1n) is 7.26. The van der Waals surface area contributed by atoms with Crippen LogP contribution in [0, 0.1) is 13.8 Å². The molecular weight excluding hydrogens is 222 g/mol. The van der Waals surface area contributed by atoms with Gasteiger partial charge in [-0.15, -0.1) is 4.57 Å². The maximum atomic E-state index is 8.13. The molecule has 0 atom stereocenters. The maximum absolute atomic E-state index is 8.13. The zero-order valence-corrected chi connectivity index (χ0v) is 11.1. The minimum atomic E-state index is 0.244. The van der Waals surface area contributed by atoms with Gasteiger partial charge in [0.05, 0.1) is 0 Å². The standard InChI is InChI=1S/C16H20NO/c1-12-7-3-6-10-15(12)17-11-18-16(13(17)2)14-8-4-5-9-14/h3,6-7,10-11,14H,4-5,8-9H2,1-2H3/q+1/i11D. The predicted octanol–water partition coefficient (Wildman–Crippen LogP) is 3.83. The van der Waals surface area contributed by atoms with Crippen LogP contribution in [0.5, 0.6) is 0 Å². The van der Waals surface area contributed by atoms with Crippen LogP contribution in [-0.2, 0) is 0 Å². The van der Waals surface area contributed by atoms with Gasteiger partial charge < -0.3 is 4.42 Å². The number of aromatic nitrogens is 1. The fourth-order valence-electron chi connectivity index (χ4n) is 2.96. The normalized spacial score (nSPS) is 17.1. The fraction of sp³-hybridized carbons (Fsp3) is 0.438. The molecular formula is C16H20NO+. The van der Waals surface area contributed by atoms with Crippen LogP contribution in [0.15, 0.2) is 35.1 Å². The van der Waals surface area contributed by atoms with Crippen molar-refractivity contribution in [1.82, 2.24) is 0 Å². The predicted molar refractivity (Wildman–Crippen MR) is 70.9 cm³/mol. The minimum Gasteiger partial charge on any atom is -0.408 e. The largest absolute Gasteiger partial charge is 0.408 e. The van der Waals surface area contributed by atoms with E-state index in [1.54, 1.807) is 0 Å². The Bertz CT molecular complexity index is 597. The molecule has 1 aromatic carbocycles. The second kappa shape index (κ2) is 4.60. The molecule has 1 aliphatic rings. The minimum absolute atomic E-state index is 0.244. The SMILES string of the molecule is [2H]c1oc(C2CCCC2)c(C)[n+]1-c1ccccc1C. The van der Waals surface area contributed by atoms with Crippen molar-refractivity contribution in [2.45, 2.75) is 45.4 Å². The summed E-state index contributed by atoms with van der Waals surface area (Å²) in [5.74, 6) is 1.53. The van der Waals surface area contributed by atoms with Crippen LogP contribution in [0.1, 0.15) is 50.0 Å². The van der Waals surface area contributed by atoms with Gasteiger partial charge in [0.25, 0.3) is 0 Å². The Morgan fingerprint density at radius 3 is 2.67 bits per heavy atom. The van der Waals surface area contributed by atoms with Crippen LogP contribution >= 0.6 is 0 Å². The third kappa shape index (κ3) is 1.86. The molecule has 0 radical (unpaired) electrons. The van der Waals surface area contributed by atoms with Crippen molar-refractivity contribution < 1.29 is 10.4 Å². The highest BCUT2D eigenvalue weighted by atomic mass is 16.3. The molecule has 0 N–H and O–H groups in total.